The average molecular weight is 582 g/mol. The standard InChI is InChI=1S/C17H10Br2Cl3N5O2/c18-7-4-8(16(28)26-23)13(9(19)5-7)25-17(29)12-6-11(21)14(22)27(12)15-10(20)2-1-3-24-15/h1-6H,23H2,(H,25,29)(H,26,28). The Labute approximate surface area is 196 Å². The zero-order chi connectivity index (χ0) is 21.3. The maximum Gasteiger partial charge on any atom is 0.272 e. The number of anilines is 1. The van der Waals surface area contributed by atoms with E-state index < -0.39 is 11.8 Å². The maximum atomic E-state index is 13.1. The molecule has 0 fully saturated rings. The normalized spacial score (nSPS) is 10.7. The molecule has 0 spiro atoms. The Balaban J connectivity index is 2.10. The monoisotopic (exact) mass is 579 g/mol. The largest absolute Gasteiger partial charge is 0.319 e. The first-order chi connectivity index (χ1) is 13.7. The molecule has 12 heteroatoms. The minimum absolute atomic E-state index is 0.0622. The molecule has 0 radical (unpaired) electrons. The number of hydrogen-bond donors (Lipinski definition) is 3. The Hall–Kier alpha value is -1.62. The molecule has 0 aliphatic carbocycles. The van der Waals surface area contributed by atoms with Crippen molar-refractivity contribution in [2.45, 2.75) is 0 Å². The van der Waals surface area contributed by atoms with Gasteiger partial charge in [0.15, 0.2) is 5.82 Å². The summed E-state index contributed by atoms with van der Waals surface area (Å²) in [5.41, 5.74) is 2.44. The van der Waals surface area contributed by atoms with Gasteiger partial charge in [-0.25, -0.2) is 10.8 Å². The number of rotatable bonds is 4. The minimum Gasteiger partial charge on any atom is -0.319 e. The van der Waals surface area contributed by atoms with Crippen LogP contribution in [0.15, 0.2) is 45.5 Å². The minimum atomic E-state index is -0.602. The number of nitrogens with two attached hydrogens (primary N) is 1. The number of halogens is 5. The van der Waals surface area contributed by atoms with Gasteiger partial charge < -0.3 is 5.32 Å². The molecule has 4 N–H and O–H groups in total. The van der Waals surface area contributed by atoms with Gasteiger partial charge in [0, 0.05) is 15.1 Å². The second-order valence-corrected chi connectivity index (χ2v) is 8.49. The molecule has 2 heterocycles. The van der Waals surface area contributed by atoms with Crippen molar-refractivity contribution in [3.63, 3.8) is 0 Å². The lowest BCUT2D eigenvalue weighted by Gasteiger charge is -2.15. The van der Waals surface area contributed by atoms with Crippen molar-refractivity contribution in [1.82, 2.24) is 15.0 Å². The first-order valence-electron chi connectivity index (χ1n) is 7.73. The molecular formula is C17H10Br2Cl3N5O2. The molecule has 0 saturated carbocycles. The SMILES string of the molecule is NNC(=O)c1cc(Br)cc(Br)c1NC(=O)c1cc(Cl)c(Cl)n1-c1ncccc1Cl. The van der Waals surface area contributed by atoms with E-state index in [1.165, 1.54) is 22.9 Å². The van der Waals surface area contributed by atoms with Crippen LogP contribution in [-0.2, 0) is 0 Å². The van der Waals surface area contributed by atoms with Gasteiger partial charge in [-0.15, -0.1) is 0 Å². The zero-order valence-corrected chi connectivity index (χ0v) is 19.6. The Morgan fingerprint density at radius 3 is 2.45 bits per heavy atom. The van der Waals surface area contributed by atoms with Gasteiger partial charge in [-0.3, -0.25) is 19.6 Å². The third-order valence-corrected chi connectivity index (χ3v) is 5.89. The summed E-state index contributed by atoms with van der Waals surface area (Å²) >= 11 is 25.3. The van der Waals surface area contributed by atoms with Crippen LogP contribution in [0.25, 0.3) is 5.82 Å². The van der Waals surface area contributed by atoms with Gasteiger partial charge in [0.2, 0.25) is 0 Å². The molecular weight excluding hydrogens is 572 g/mol. The fourth-order valence-corrected chi connectivity index (χ4v) is 4.45. The molecule has 0 aliphatic heterocycles. The number of amides is 2. The number of hydrazine groups is 1. The molecule has 0 bridgehead atoms. The highest BCUT2D eigenvalue weighted by Crippen LogP contribution is 2.34. The van der Waals surface area contributed by atoms with E-state index in [1.54, 1.807) is 18.2 Å². The molecule has 3 aromatic rings. The number of carbonyl (C=O) groups excluding carboxylic acids is 2. The number of carbonyl (C=O) groups is 2. The van der Waals surface area contributed by atoms with Gasteiger partial charge in [-0.2, -0.15) is 0 Å². The Morgan fingerprint density at radius 2 is 1.79 bits per heavy atom. The maximum absolute atomic E-state index is 13.1. The van der Waals surface area contributed by atoms with Crippen molar-refractivity contribution in [1.29, 1.82) is 0 Å². The Morgan fingerprint density at radius 1 is 1.07 bits per heavy atom. The van der Waals surface area contributed by atoms with Crippen LogP contribution in [0.3, 0.4) is 0 Å². The van der Waals surface area contributed by atoms with Crippen molar-refractivity contribution in [3.05, 3.63) is 71.9 Å². The summed E-state index contributed by atoms with van der Waals surface area (Å²) in [5, 5.41) is 3.14. The van der Waals surface area contributed by atoms with Gasteiger partial charge in [0.1, 0.15) is 10.8 Å². The van der Waals surface area contributed by atoms with Crippen LogP contribution in [0.4, 0.5) is 5.69 Å². The molecule has 1 aromatic carbocycles. The molecule has 0 aliphatic rings. The average Bonchev–Trinajstić information content (AvgIpc) is 2.98. The van der Waals surface area contributed by atoms with Crippen LogP contribution < -0.4 is 16.6 Å². The smallest absolute Gasteiger partial charge is 0.272 e. The number of pyridine rings is 1. The summed E-state index contributed by atoms with van der Waals surface area (Å²) in [6, 6.07) is 7.79. The summed E-state index contributed by atoms with van der Waals surface area (Å²) in [6.45, 7) is 0. The Kier molecular flexibility index (Phi) is 6.87. The summed E-state index contributed by atoms with van der Waals surface area (Å²) in [5.74, 6) is 4.28. The van der Waals surface area contributed by atoms with Crippen LogP contribution >= 0.6 is 66.7 Å². The van der Waals surface area contributed by atoms with Gasteiger partial charge in [0.05, 0.1) is 21.3 Å². The highest BCUT2D eigenvalue weighted by Gasteiger charge is 2.24. The quantitative estimate of drug-likeness (QED) is 0.223. The number of hydrogen-bond acceptors (Lipinski definition) is 4. The lowest BCUT2D eigenvalue weighted by molar-refractivity contribution is 0.0954. The first-order valence-corrected chi connectivity index (χ1v) is 10.5. The van der Waals surface area contributed by atoms with E-state index in [4.69, 9.17) is 40.6 Å². The second-order valence-electron chi connectivity index (χ2n) is 5.55. The van der Waals surface area contributed by atoms with Crippen LogP contribution in [0.1, 0.15) is 20.8 Å². The number of nitrogens with zero attached hydrogens (tertiary/aromatic N) is 2. The number of benzene rings is 1. The summed E-state index contributed by atoms with van der Waals surface area (Å²) in [4.78, 5) is 29.4. The lowest BCUT2D eigenvalue weighted by atomic mass is 10.1. The Bertz CT molecular complexity index is 1140. The second kappa shape index (κ2) is 9.03. The van der Waals surface area contributed by atoms with Gasteiger partial charge in [-0.1, -0.05) is 50.7 Å². The molecule has 0 unspecified atom stereocenters. The third-order valence-electron chi connectivity index (χ3n) is 3.75. The van der Waals surface area contributed by atoms with Crippen molar-refractivity contribution in [2.75, 3.05) is 5.32 Å². The fraction of sp³-hybridized carbons (Fsp3) is 0. The van der Waals surface area contributed by atoms with Crippen LogP contribution in [0.2, 0.25) is 15.2 Å². The van der Waals surface area contributed by atoms with Crippen molar-refractivity contribution >= 4 is 84.2 Å². The number of nitrogens with one attached hydrogen (secondary N) is 2. The number of nitrogen functional groups attached to an aromatic ring is 1. The van der Waals surface area contributed by atoms with Gasteiger partial charge in [0.25, 0.3) is 11.8 Å². The zero-order valence-electron chi connectivity index (χ0n) is 14.1. The van der Waals surface area contributed by atoms with E-state index in [9.17, 15) is 9.59 Å². The van der Waals surface area contributed by atoms with Gasteiger partial charge >= 0.3 is 0 Å². The molecule has 150 valence electrons. The molecule has 2 aromatic heterocycles. The van der Waals surface area contributed by atoms with Crippen molar-refractivity contribution in [2.24, 2.45) is 5.84 Å². The van der Waals surface area contributed by atoms with Crippen LogP contribution in [-0.4, -0.2) is 21.4 Å². The molecule has 0 saturated heterocycles. The topological polar surface area (TPSA) is 102 Å². The first kappa shape index (κ1) is 22.1. The van der Waals surface area contributed by atoms with E-state index in [0.717, 1.165) is 0 Å². The van der Waals surface area contributed by atoms with Crippen LogP contribution in [0.5, 0.6) is 0 Å². The lowest BCUT2D eigenvalue weighted by Crippen LogP contribution is -2.31. The molecule has 7 nitrogen and oxygen atoms in total. The highest BCUT2D eigenvalue weighted by atomic mass is 79.9. The summed E-state index contributed by atoms with van der Waals surface area (Å²) in [7, 11) is 0. The van der Waals surface area contributed by atoms with E-state index in [-0.39, 0.29) is 38.0 Å². The van der Waals surface area contributed by atoms with E-state index >= 15 is 0 Å². The van der Waals surface area contributed by atoms with Crippen molar-refractivity contribution in [3.8, 4) is 5.82 Å². The summed E-state index contributed by atoms with van der Waals surface area (Å²) < 4.78 is 2.37. The fourth-order valence-electron chi connectivity index (χ4n) is 2.51. The van der Waals surface area contributed by atoms with E-state index in [2.05, 4.69) is 42.2 Å². The van der Waals surface area contributed by atoms with E-state index in [1.807, 2.05) is 5.43 Å². The molecule has 29 heavy (non-hydrogen) atoms. The number of aromatic nitrogens is 2. The summed E-state index contributed by atoms with van der Waals surface area (Å²) in [6.07, 6.45) is 1.50. The molecule has 2 amide bonds. The van der Waals surface area contributed by atoms with Gasteiger partial charge in [-0.05, 0) is 46.3 Å². The molecule has 0 atom stereocenters. The third kappa shape index (κ3) is 4.45. The van der Waals surface area contributed by atoms with E-state index in [0.29, 0.717) is 8.95 Å². The van der Waals surface area contributed by atoms with Crippen molar-refractivity contribution < 1.29 is 9.59 Å². The highest BCUT2D eigenvalue weighted by molar-refractivity contribution is 9.11. The predicted molar refractivity (Wildman–Crippen MR) is 120 cm³/mol. The van der Waals surface area contributed by atoms with Crippen LogP contribution in [0, 0.1) is 0 Å². The molecule has 3 rings (SSSR count). The predicted octanol–water partition coefficient (Wildman–Crippen LogP) is 5.21.